The van der Waals surface area contributed by atoms with Crippen molar-refractivity contribution in [1.82, 2.24) is 5.32 Å². The fourth-order valence-electron chi connectivity index (χ4n) is 1.48. The topological polar surface area (TPSA) is 58.2 Å². The number of anilines is 1. The summed E-state index contributed by atoms with van der Waals surface area (Å²) < 4.78 is 0. The predicted molar refractivity (Wildman–Crippen MR) is 72.7 cm³/mol. The Balaban J connectivity index is 2.93. The zero-order chi connectivity index (χ0) is 13.7. The highest BCUT2D eigenvalue weighted by Gasteiger charge is 2.10. The number of hydrogen-bond donors (Lipinski definition) is 2. The van der Waals surface area contributed by atoms with Gasteiger partial charge in [-0.05, 0) is 38.5 Å². The molecule has 2 amide bonds. The van der Waals surface area contributed by atoms with Gasteiger partial charge in [0.1, 0.15) is 0 Å². The Hall–Kier alpha value is -1.84. The third-order valence-electron chi connectivity index (χ3n) is 2.51. The number of benzene rings is 1. The first-order valence-electron chi connectivity index (χ1n) is 6.15. The molecule has 1 aromatic carbocycles. The van der Waals surface area contributed by atoms with Crippen LogP contribution in [0.1, 0.15) is 43.1 Å². The summed E-state index contributed by atoms with van der Waals surface area (Å²) in [5.74, 6) is -0.184. The van der Waals surface area contributed by atoms with Crippen LogP contribution in [-0.2, 0) is 4.79 Å². The van der Waals surface area contributed by atoms with E-state index in [-0.39, 0.29) is 17.9 Å². The fourth-order valence-corrected chi connectivity index (χ4v) is 1.48. The van der Waals surface area contributed by atoms with Crippen molar-refractivity contribution in [3.05, 3.63) is 29.3 Å². The van der Waals surface area contributed by atoms with Gasteiger partial charge in [0.25, 0.3) is 5.91 Å². The van der Waals surface area contributed by atoms with Gasteiger partial charge in [-0.1, -0.05) is 13.0 Å². The van der Waals surface area contributed by atoms with Gasteiger partial charge in [0.2, 0.25) is 5.91 Å². The van der Waals surface area contributed by atoms with Crippen molar-refractivity contribution in [3.8, 4) is 0 Å². The molecule has 0 aliphatic carbocycles. The van der Waals surface area contributed by atoms with E-state index in [0.717, 1.165) is 5.56 Å². The number of nitrogens with one attached hydrogen (secondary N) is 2. The fraction of sp³-hybridized carbons (Fsp3) is 0.429. The van der Waals surface area contributed by atoms with Crippen LogP contribution in [0.2, 0.25) is 0 Å². The highest BCUT2D eigenvalue weighted by molar-refractivity contribution is 5.97. The lowest BCUT2D eigenvalue weighted by Crippen LogP contribution is -2.30. The molecule has 0 unspecified atom stereocenters. The Labute approximate surface area is 108 Å². The quantitative estimate of drug-likeness (QED) is 0.860. The van der Waals surface area contributed by atoms with Crippen LogP contribution in [0, 0.1) is 6.92 Å². The summed E-state index contributed by atoms with van der Waals surface area (Å²) in [5, 5.41) is 5.61. The molecule has 0 spiro atoms. The monoisotopic (exact) mass is 248 g/mol. The van der Waals surface area contributed by atoms with Crippen molar-refractivity contribution >= 4 is 17.5 Å². The number of rotatable bonds is 4. The second-order valence-corrected chi connectivity index (χ2v) is 4.56. The molecule has 18 heavy (non-hydrogen) atoms. The molecular weight excluding hydrogens is 228 g/mol. The first-order valence-corrected chi connectivity index (χ1v) is 6.15. The van der Waals surface area contributed by atoms with Crippen molar-refractivity contribution in [1.29, 1.82) is 0 Å². The number of carbonyl (C=O) groups is 2. The lowest BCUT2D eigenvalue weighted by atomic mass is 10.1. The minimum Gasteiger partial charge on any atom is -0.350 e. The van der Waals surface area contributed by atoms with E-state index >= 15 is 0 Å². The molecule has 1 rings (SSSR count). The Bertz CT molecular complexity index is 453. The average molecular weight is 248 g/mol. The molecule has 0 aromatic heterocycles. The summed E-state index contributed by atoms with van der Waals surface area (Å²) in [6.07, 6.45) is 0.419. The van der Waals surface area contributed by atoms with Gasteiger partial charge in [0.15, 0.2) is 0 Å². The highest BCUT2D eigenvalue weighted by atomic mass is 16.2. The molecule has 0 fully saturated rings. The van der Waals surface area contributed by atoms with Crippen molar-refractivity contribution in [3.63, 3.8) is 0 Å². The van der Waals surface area contributed by atoms with E-state index in [1.54, 1.807) is 19.1 Å². The SMILES string of the molecule is CCC(=O)Nc1cc(C(=O)NC(C)C)ccc1C. The predicted octanol–water partition coefficient (Wildman–Crippen LogP) is 2.48. The van der Waals surface area contributed by atoms with Crippen molar-refractivity contribution in [2.24, 2.45) is 0 Å². The molecule has 0 aliphatic heterocycles. The van der Waals surface area contributed by atoms with Crippen LogP contribution >= 0.6 is 0 Å². The first-order chi connectivity index (χ1) is 8.43. The highest BCUT2D eigenvalue weighted by Crippen LogP contribution is 2.17. The molecule has 1 aromatic rings. The van der Waals surface area contributed by atoms with Crippen LogP contribution in [0.15, 0.2) is 18.2 Å². The van der Waals surface area contributed by atoms with E-state index < -0.39 is 0 Å². The van der Waals surface area contributed by atoms with E-state index in [9.17, 15) is 9.59 Å². The minimum absolute atomic E-state index is 0.0560. The first kappa shape index (κ1) is 14.2. The number of aryl methyl sites for hydroxylation is 1. The third-order valence-corrected chi connectivity index (χ3v) is 2.51. The summed E-state index contributed by atoms with van der Waals surface area (Å²) in [7, 11) is 0. The molecule has 0 atom stereocenters. The Morgan fingerprint density at radius 2 is 1.94 bits per heavy atom. The van der Waals surface area contributed by atoms with Crippen LogP contribution in [-0.4, -0.2) is 17.9 Å². The van der Waals surface area contributed by atoms with Gasteiger partial charge in [-0.2, -0.15) is 0 Å². The maximum atomic E-state index is 11.9. The summed E-state index contributed by atoms with van der Waals surface area (Å²) in [6, 6.07) is 5.39. The average Bonchev–Trinajstić information content (AvgIpc) is 2.30. The van der Waals surface area contributed by atoms with Gasteiger partial charge in [0, 0.05) is 23.7 Å². The van der Waals surface area contributed by atoms with Gasteiger partial charge < -0.3 is 10.6 Å². The van der Waals surface area contributed by atoms with E-state index in [1.165, 1.54) is 0 Å². The summed E-state index contributed by atoms with van der Waals surface area (Å²) in [5.41, 5.74) is 2.19. The standard InChI is InChI=1S/C14H20N2O2/c1-5-13(17)16-12-8-11(7-6-10(12)4)14(18)15-9(2)3/h6-9H,5H2,1-4H3,(H,15,18)(H,16,17). The van der Waals surface area contributed by atoms with Crippen LogP contribution in [0.4, 0.5) is 5.69 Å². The second-order valence-electron chi connectivity index (χ2n) is 4.56. The van der Waals surface area contributed by atoms with E-state index in [1.807, 2.05) is 26.8 Å². The van der Waals surface area contributed by atoms with Gasteiger partial charge in [-0.3, -0.25) is 9.59 Å². The second kappa shape index (κ2) is 6.19. The van der Waals surface area contributed by atoms with Crippen LogP contribution in [0.25, 0.3) is 0 Å². The third kappa shape index (κ3) is 3.87. The summed E-state index contributed by atoms with van der Waals surface area (Å²) >= 11 is 0. The maximum absolute atomic E-state index is 11.9. The largest absolute Gasteiger partial charge is 0.350 e. The molecule has 98 valence electrons. The van der Waals surface area contributed by atoms with Gasteiger partial charge in [-0.15, -0.1) is 0 Å². The zero-order valence-corrected chi connectivity index (χ0v) is 11.3. The van der Waals surface area contributed by atoms with Gasteiger partial charge >= 0.3 is 0 Å². The van der Waals surface area contributed by atoms with Crippen LogP contribution in [0.3, 0.4) is 0 Å². The van der Waals surface area contributed by atoms with Crippen molar-refractivity contribution in [2.45, 2.75) is 40.2 Å². The van der Waals surface area contributed by atoms with Crippen molar-refractivity contribution in [2.75, 3.05) is 5.32 Å². The van der Waals surface area contributed by atoms with Crippen molar-refractivity contribution < 1.29 is 9.59 Å². The van der Waals surface area contributed by atoms with E-state index in [4.69, 9.17) is 0 Å². The Morgan fingerprint density at radius 3 is 2.50 bits per heavy atom. The van der Waals surface area contributed by atoms with E-state index in [0.29, 0.717) is 17.7 Å². The molecule has 0 heterocycles. The molecule has 0 saturated carbocycles. The van der Waals surface area contributed by atoms with Gasteiger partial charge in [0.05, 0.1) is 0 Å². The molecule has 0 saturated heterocycles. The molecule has 0 aliphatic rings. The maximum Gasteiger partial charge on any atom is 0.251 e. The minimum atomic E-state index is -0.128. The van der Waals surface area contributed by atoms with Crippen LogP contribution in [0.5, 0.6) is 0 Å². The number of amides is 2. The number of hydrogen-bond acceptors (Lipinski definition) is 2. The van der Waals surface area contributed by atoms with Gasteiger partial charge in [-0.25, -0.2) is 0 Å². The molecule has 4 heteroatoms. The smallest absolute Gasteiger partial charge is 0.251 e. The lowest BCUT2D eigenvalue weighted by molar-refractivity contribution is -0.115. The Kier molecular flexibility index (Phi) is 4.89. The summed E-state index contributed by atoms with van der Waals surface area (Å²) in [6.45, 7) is 7.51. The van der Waals surface area contributed by atoms with Crippen LogP contribution < -0.4 is 10.6 Å². The normalized spacial score (nSPS) is 10.3. The lowest BCUT2D eigenvalue weighted by Gasteiger charge is -2.12. The molecule has 2 N–H and O–H groups in total. The Morgan fingerprint density at radius 1 is 1.28 bits per heavy atom. The number of carbonyl (C=O) groups excluding carboxylic acids is 2. The molecular formula is C14H20N2O2. The zero-order valence-electron chi connectivity index (χ0n) is 11.3. The molecule has 0 radical (unpaired) electrons. The van der Waals surface area contributed by atoms with E-state index in [2.05, 4.69) is 10.6 Å². The molecule has 0 bridgehead atoms. The summed E-state index contributed by atoms with van der Waals surface area (Å²) in [4.78, 5) is 23.2. The molecule has 4 nitrogen and oxygen atoms in total.